The monoisotopic (exact) mass is 240 g/mol. The zero-order chi connectivity index (χ0) is 6.57. The minimum absolute atomic E-state index is 0.608. The van der Waals surface area contributed by atoms with E-state index in [2.05, 4.69) is 45.4 Å². The number of hydrogen-bond donors (Lipinski definition) is 0. The van der Waals surface area contributed by atoms with E-state index in [-0.39, 0.29) is 0 Å². The van der Waals surface area contributed by atoms with E-state index in [9.17, 15) is 0 Å². The molecule has 1 atom stereocenters. The van der Waals surface area contributed by atoms with Gasteiger partial charge >= 0.3 is 0 Å². The van der Waals surface area contributed by atoms with Gasteiger partial charge in [-0.05, 0) is 17.3 Å². The lowest BCUT2D eigenvalue weighted by molar-refractivity contribution is 0.840. The molecule has 0 amide bonds. The molecule has 0 saturated carbocycles. The molecule has 0 fully saturated rings. The molecule has 0 saturated heterocycles. The molecule has 0 aliphatic rings. The molecule has 0 aromatic rings. The Balaban J connectivity index is 3.05. The molecule has 0 N–H and O–H groups in total. The zero-order valence-corrected chi connectivity index (χ0v) is 8.13. The van der Waals surface area contributed by atoms with Gasteiger partial charge in [-0.25, -0.2) is 0 Å². The lowest BCUT2D eigenvalue weighted by atomic mass is 10.2. The molecule has 0 heterocycles. The third-order valence-electron chi connectivity index (χ3n) is 0.813. The molecule has 1 unspecified atom stereocenters. The van der Waals surface area contributed by atoms with Gasteiger partial charge in [0.25, 0.3) is 0 Å². The molecule has 0 aromatic carbocycles. The first-order chi connectivity index (χ1) is 3.63. The molecule has 0 spiro atoms. The molecule has 0 bridgehead atoms. The summed E-state index contributed by atoms with van der Waals surface area (Å²) in [4.78, 5) is 0.608. The molecule has 0 radical (unpaired) electrons. The summed E-state index contributed by atoms with van der Waals surface area (Å²) in [5.41, 5.74) is 0. The van der Waals surface area contributed by atoms with Crippen LogP contribution < -0.4 is 0 Å². The van der Waals surface area contributed by atoms with Crippen molar-refractivity contribution in [2.24, 2.45) is 0 Å². The van der Waals surface area contributed by atoms with E-state index in [0.29, 0.717) is 4.83 Å². The topological polar surface area (TPSA) is 0 Å². The second kappa shape index (κ2) is 4.57. The molecule has 0 rings (SSSR count). The van der Waals surface area contributed by atoms with Crippen molar-refractivity contribution in [1.29, 1.82) is 0 Å². The van der Waals surface area contributed by atoms with Crippen LogP contribution in [0.15, 0.2) is 11.1 Å². The van der Waals surface area contributed by atoms with Crippen molar-refractivity contribution in [2.45, 2.75) is 24.6 Å². The lowest BCUT2D eigenvalue weighted by Crippen LogP contribution is -1.87. The van der Waals surface area contributed by atoms with Crippen LogP contribution in [0, 0.1) is 0 Å². The third kappa shape index (κ3) is 6.70. The summed E-state index contributed by atoms with van der Waals surface area (Å²) in [7, 11) is 0. The van der Waals surface area contributed by atoms with E-state index < -0.39 is 0 Å². The Morgan fingerprint density at radius 2 is 2.25 bits per heavy atom. The standard InChI is InChI=1S/C6H10Br2/c1-5(7)3-4-6(2)8/h6H,1,3-4H2,2H3. The second-order valence-corrected chi connectivity index (χ2v) is 4.52. The van der Waals surface area contributed by atoms with Crippen LogP contribution >= 0.6 is 31.9 Å². The predicted molar refractivity (Wildman–Crippen MR) is 45.7 cm³/mol. The SMILES string of the molecule is C=C(Br)CCC(C)Br. The van der Waals surface area contributed by atoms with E-state index in [0.717, 1.165) is 17.3 Å². The molecule has 48 valence electrons. The smallest absolute Gasteiger partial charge is 0.0120 e. The Labute approximate surface area is 67.6 Å². The van der Waals surface area contributed by atoms with Crippen LogP contribution in [0.2, 0.25) is 0 Å². The summed E-state index contributed by atoms with van der Waals surface area (Å²) in [6.45, 7) is 5.86. The quantitative estimate of drug-likeness (QED) is 0.664. The van der Waals surface area contributed by atoms with Crippen molar-refractivity contribution < 1.29 is 0 Å². The second-order valence-electron chi connectivity index (χ2n) is 1.84. The van der Waals surface area contributed by atoms with Gasteiger partial charge in [0.15, 0.2) is 0 Å². The summed E-state index contributed by atoms with van der Waals surface area (Å²) in [6, 6.07) is 0. The maximum atomic E-state index is 3.72. The van der Waals surface area contributed by atoms with E-state index in [4.69, 9.17) is 0 Å². The van der Waals surface area contributed by atoms with Crippen molar-refractivity contribution in [3.63, 3.8) is 0 Å². The summed E-state index contributed by atoms with van der Waals surface area (Å²) < 4.78 is 1.09. The lowest BCUT2D eigenvalue weighted by Gasteiger charge is -1.98. The van der Waals surface area contributed by atoms with E-state index >= 15 is 0 Å². The van der Waals surface area contributed by atoms with E-state index in [1.54, 1.807) is 0 Å². The maximum Gasteiger partial charge on any atom is 0.0120 e. The highest BCUT2D eigenvalue weighted by atomic mass is 79.9. The number of halogens is 2. The van der Waals surface area contributed by atoms with Crippen molar-refractivity contribution in [3.8, 4) is 0 Å². The van der Waals surface area contributed by atoms with Gasteiger partial charge in [0.1, 0.15) is 0 Å². The molecule has 0 aliphatic heterocycles. The number of rotatable bonds is 3. The van der Waals surface area contributed by atoms with E-state index in [1.807, 2.05) is 0 Å². The first-order valence-electron chi connectivity index (χ1n) is 2.60. The molecular weight excluding hydrogens is 232 g/mol. The van der Waals surface area contributed by atoms with E-state index in [1.165, 1.54) is 0 Å². The highest BCUT2D eigenvalue weighted by molar-refractivity contribution is 9.11. The highest BCUT2D eigenvalue weighted by Crippen LogP contribution is 2.14. The van der Waals surface area contributed by atoms with Crippen LogP contribution in [-0.2, 0) is 0 Å². The summed E-state index contributed by atoms with van der Waals surface area (Å²) >= 11 is 6.73. The van der Waals surface area contributed by atoms with Crippen LogP contribution in [-0.4, -0.2) is 4.83 Å². The maximum absolute atomic E-state index is 3.72. The normalized spacial score (nSPS) is 13.4. The Morgan fingerprint density at radius 1 is 1.75 bits per heavy atom. The Bertz CT molecular complexity index is 76.6. The fourth-order valence-electron chi connectivity index (χ4n) is 0.356. The van der Waals surface area contributed by atoms with Crippen molar-refractivity contribution in [2.75, 3.05) is 0 Å². The van der Waals surface area contributed by atoms with Gasteiger partial charge < -0.3 is 0 Å². The predicted octanol–water partition coefficient (Wildman–Crippen LogP) is 3.46. The minimum atomic E-state index is 0.608. The van der Waals surface area contributed by atoms with Gasteiger partial charge in [-0.15, -0.1) is 0 Å². The zero-order valence-electron chi connectivity index (χ0n) is 4.95. The van der Waals surface area contributed by atoms with Gasteiger partial charge in [0, 0.05) is 4.83 Å². The number of alkyl halides is 1. The van der Waals surface area contributed by atoms with Crippen LogP contribution in [0.5, 0.6) is 0 Å². The molecule has 2 heteroatoms. The first kappa shape index (κ1) is 8.70. The van der Waals surface area contributed by atoms with Gasteiger partial charge in [0.2, 0.25) is 0 Å². The Hall–Kier alpha value is 0.700. The van der Waals surface area contributed by atoms with Gasteiger partial charge in [-0.1, -0.05) is 45.4 Å². The third-order valence-corrected chi connectivity index (χ3v) is 1.67. The molecule has 0 aliphatic carbocycles. The van der Waals surface area contributed by atoms with Crippen LogP contribution in [0.25, 0.3) is 0 Å². The average Bonchev–Trinajstić information content (AvgIpc) is 1.61. The van der Waals surface area contributed by atoms with Gasteiger partial charge in [-0.3, -0.25) is 0 Å². The largest absolute Gasteiger partial charge is 0.0894 e. The molecule has 0 aromatic heterocycles. The van der Waals surface area contributed by atoms with Crippen LogP contribution in [0.1, 0.15) is 19.8 Å². The van der Waals surface area contributed by atoms with Crippen molar-refractivity contribution >= 4 is 31.9 Å². The van der Waals surface area contributed by atoms with Crippen LogP contribution in [0.3, 0.4) is 0 Å². The summed E-state index contributed by atoms with van der Waals surface area (Å²) in [5.74, 6) is 0. The fraction of sp³-hybridized carbons (Fsp3) is 0.667. The van der Waals surface area contributed by atoms with Crippen molar-refractivity contribution in [3.05, 3.63) is 11.1 Å². The van der Waals surface area contributed by atoms with Crippen LogP contribution in [0.4, 0.5) is 0 Å². The Kier molecular flexibility index (Phi) is 4.97. The van der Waals surface area contributed by atoms with Gasteiger partial charge in [-0.2, -0.15) is 0 Å². The molecule has 0 nitrogen and oxygen atoms in total. The summed E-state index contributed by atoms with van der Waals surface area (Å²) in [6.07, 6.45) is 2.22. The van der Waals surface area contributed by atoms with Gasteiger partial charge in [0.05, 0.1) is 0 Å². The molecule has 8 heavy (non-hydrogen) atoms. The average molecular weight is 242 g/mol. The fourth-order valence-corrected chi connectivity index (χ4v) is 0.813. The Morgan fingerprint density at radius 3 is 2.38 bits per heavy atom. The minimum Gasteiger partial charge on any atom is -0.0894 e. The van der Waals surface area contributed by atoms with Crippen molar-refractivity contribution in [1.82, 2.24) is 0 Å². The number of allylic oxidation sites excluding steroid dienone is 1. The highest BCUT2D eigenvalue weighted by Gasteiger charge is 1.94. The first-order valence-corrected chi connectivity index (χ1v) is 4.31. The number of hydrogen-bond acceptors (Lipinski definition) is 0. The summed E-state index contributed by atoms with van der Waals surface area (Å²) in [5, 5.41) is 0. The molecular formula is C6H10Br2.